The van der Waals surface area contributed by atoms with Crippen LogP contribution < -0.4 is 15.4 Å². The molecule has 1 atom stereocenters. The normalized spacial score (nSPS) is 13.5. The van der Waals surface area contributed by atoms with E-state index in [1.807, 2.05) is 0 Å². The molecule has 0 bridgehead atoms. The van der Waals surface area contributed by atoms with Crippen LogP contribution in [0.1, 0.15) is 33.3 Å². The van der Waals surface area contributed by atoms with Crippen LogP contribution in [0.15, 0.2) is 42.5 Å². The number of anilines is 2. The van der Waals surface area contributed by atoms with Gasteiger partial charge in [-0.1, -0.05) is 20.8 Å². The van der Waals surface area contributed by atoms with Crippen molar-refractivity contribution in [3.8, 4) is 5.75 Å². The monoisotopic (exact) mass is 483 g/mol. The van der Waals surface area contributed by atoms with E-state index < -0.39 is 45.9 Å². The van der Waals surface area contributed by atoms with Crippen LogP contribution in [0, 0.1) is 15.5 Å². The number of nitro groups is 1. The molecule has 2 amide bonds. The number of halogens is 3. The number of nitro benzene ring substituents is 1. The Morgan fingerprint density at radius 1 is 0.971 bits per heavy atom. The van der Waals surface area contributed by atoms with Gasteiger partial charge in [0.05, 0.1) is 4.92 Å². The zero-order valence-electron chi connectivity index (χ0n) is 18.8. The van der Waals surface area contributed by atoms with Crippen LogP contribution in [-0.4, -0.2) is 34.1 Å². The SMILES string of the molecule is CC(C)(C)C(=O)Nc1ccc(OC[C@@](C)(O)C(=O)Nc2ccc([N+](=O)[O-])c(C(F)(F)F)c2)cc1. The molecule has 0 fully saturated rings. The number of nitrogens with one attached hydrogen (secondary N) is 2. The summed E-state index contributed by atoms with van der Waals surface area (Å²) in [5.74, 6) is -1.01. The van der Waals surface area contributed by atoms with Gasteiger partial charge in [-0.25, -0.2) is 0 Å². The summed E-state index contributed by atoms with van der Waals surface area (Å²) in [4.78, 5) is 34.1. The van der Waals surface area contributed by atoms with Crippen LogP contribution in [0.2, 0.25) is 0 Å². The van der Waals surface area contributed by atoms with Gasteiger partial charge in [0.25, 0.3) is 11.6 Å². The van der Waals surface area contributed by atoms with E-state index in [0.717, 1.165) is 13.0 Å². The first-order chi connectivity index (χ1) is 15.5. The van der Waals surface area contributed by atoms with Gasteiger partial charge in [0.15, 0.2) is 5.60 Å². The highest BCUT2D eigenvalue weighted by Crippen LogP contribution is 2.37. The summed E-state index contributed by atoms with van der Waals surface area (Å²) in [5.41, 5.74) is -5.32. The van der Waals surface area contributed by atoms with E-state index in [2.05, 4.69) is 10.6 Å². The smallest absolute Gasteiger partial charge is 0.423 e. The first-order valence-electron chi connectivity index (χ1n) is 9.94. The third-order valence-electron chi connectivity index (χ3n) is 4.56. The van der Waals surface area contributed by atoms with Crippen LogP contribution in [0.25, 0.3) is 0 Å². The lowest BCUT2D eigenvalue weighted by molar-refractivity contribution is -0.388. The highest BCUT2D eigenvalue weighted by Gasteiger charge is 2.39. The number of nitrogens with zero attached hydrogens (tertiary/aromatic N) is 1. The second kappa shape index (κ2) is 9.67. The van der Waals surface area contributed by atoms with Gasteiger partial charge in [0.1, 0.15) is 17.9 Å². The predicted molar refractivity (Wildman–Crippen MR) is 117 cm³/mol. The van der Waals surface area contributed by atoms with Crippen molar-refractivity contribution in [2.45, 2.75) is 39.5 Å². The number of alkyl halides is 3. The summed E-state index contributed by atoms with van der Waals surface area (Å²) in [7, 11) is 0. The Hall–Kier alpha value is -3.67. The standard InChI is InChI=1S/C22H24F3N3O6/c1-20(2,3)18(29)26-13-5-8-15(9-6-13)34-12-21(4,31)19(30)27-14-7-10-17(28(32)33)16(11-14)22(23,24)25/h5-11,31H,12H2,1-4H3,(H,26,29)(H,27,30)/t21-/m1/s1. The summed E-state index contributed by atoms with van der Waals surface area (Å²) < 4.78 is 44.7. The Labute approximate surface area is 193 Å². The molecule has 2 aromatic rings. The van der Waals surface area contributed by atoms with Crippen molar-refractivity contribution < 1.29 is 37.5 Å². The molecule has 0 saturated heterocycles. The maximum absolute atomic E-state index is 13.1. The average molecular weight is 483 g/mol. The molecular weight excluding hydrogens is 459 g/mol. The van der Waals surface area contributed by atoms with Crippen molar-refractivity contribution in [3.05, 3.63) is 58.1 Å². The fourth-order valence-electron chi connectivity index (χ4n) is 2.51. The molecule has 3 N–H and O–H groups in total. The molecule has 0 aliphatic rings. The molecule has 0 radical (unpaired) electrons. The lowest BCUT2D eigenvalue weighted by Crippen LogP contribution is -2.45. The average Bonchev–Trinajstić information content (AvgIpc) is 2.71. The molecule has 34 heavy (non-hydrogen) atoms. The second-order valence-corrected chi connectivity index (χ2v) is 8.73. The van der Waals surface area contributed by atoms with Gasteiger partial charge in [-0.05, 0) is 43.3 Å². The minimum atomic E-state index is -5.02. The van der Waals surface area contributed by atoms with Gasteiger partial charge < -0.3 is 20.5 Å². The first kappa shape index (κ1) is 26.6. The fourth-order valence-corrected chi connectivity index (χ4v) is 2.51. The van der Waals surface area contributed by atoms with E-state index in [0.29, 0.717) is 17.8 Å². The molecule has 184 valence electrons. The zero-order valence-corrected chi connectivity index (χ0v) is 18.8. The number of benzene rings is 2. The van der Waals surface area contributed by atoms with Crippen molar-refractivity contribution in [2.75, 3.05) is 17.2 Å². The van der Waals surface area contributed by atoms with Crippen molar-refractivity contribution >= 4 is 28.9 Å². The summed E-state index contributed by atoms with van der Waals surface area (Å²) in [6.45, 7) is 5.82. The number of carbonyl (C=O) groups is 2. The maximum Gasteiger partial charge on any atom is 0.423 e. The number of carbonyl (C=O) groups excluding carboxylic acids is 2. The number of hydrogen-bond acceptors (Lipinski definition) is 6. The van der Waals surface area contributed by atoms with Gasteiger partial charge in [0, 0.05) is 22.9 Å². The first-order valence-corrected chi connectivity index (χ1v) is 9.94. The van der Waals surface area contributed by atoms with E-state index in [-0.39, 0.29) is 17.3 Å². The van der Waals surface area contributed by atoms with Crippen LogP contribution in [0.5, 0.6) is 5.75 Å². The van der Waals surface area contributed by atoms with Crippen LogP contribution >= 0.6 is 0 Å². The molecule has 0 unspecified atom stereocenters. The Bertz CT molecular complexity index is 1080. The number of rotatable bonds is 7. The molecule has 0 spiro atoms. The Morgan fingerprint density at radius 2 is 1.50 bits per heavy atom. The van der Waals surface area contributed by atoms with Crippen molar-refractivity contribution in [1.29, 1.82) is 0 Å². The molecule has 12 heteroatoms. The predicted octanol–water partition coefficient (Wildman–Crippen LogP) is 4.37. The second-order valence-electron chi connectivity index (χ2n) is 8.73. The maximum atomic E-state index is 13.1. The molecule has 0 aromatic heterocycles. The third kappa shape index (κ3) is 6.91. The van der Waals surface area contributed by atoms with Crippen LogP contribution in [0.4, 0.5) is 30.2 Å². The zero-order chi connectivity index (χ0) is 25.9. The van der Waals surface area contributed by atoms with Gasteiger partial charge in [-0.2, -0.15) is 13.2 Å². The van der Waals surface area contributed by atoms with E-state index in [4.69, 9.17) is 4.74 Å². The topological polar surface area (TPSA) is 131 Å². The number of amides is 2. The minimum absolute atomic E-state index is 0.194. The number of aliphatic hydroxyl groups is 1. The summed E-state index contributed by atoms with van der Waals surface area (Å²) in [6.07, 6.45) is -5.02. The Balaban J connectivity index is 2.05. The summed E-state index contributed by atoms with van der Waals surface area (Å²) in [6, 6.07) is 8.07. The van der Waals surface area contributed by atoms with E-state index >= 15 is 0 Å². The van der Waals surface area contributed by atoms with E-state index in [1.54, 1.807) is 32.9 Å². The summed E-state index contributed by atoms with van der Waals surface area (Å²) >= 11 is 0. The van der Waals surface area contributed by atoms with Crippen LogP contribution in [-0.2, 0) is 15.8 Å². The number of hydrogen-bond donors (Lipinski definition) is 3. The van der Waals surface area contributed by atoms with E-state index in [1.165, 1.54) is 12.1 Å². The van der Waals surface area contributed by atoms with Crippen molar-refractivity contribution in [2.24, 2.45) is 5.41 Å². The third-order valence-corrected chi connectivity index (χ3v) is 4.56. The van der Waals surface area contributed by atoms with Gasteiger partial charge in [-0.15, -0.1) is 0 Å². The molecule has 2 rings (SSSR count). The molecule has 9 nitrogen and oxygen atoms in total. The van der Waals surface area contributed by atoms with Gasteiger partial charge in [-0.3, -0.25) is 19.7 Å². The summed E-state index contributed by atoms with van der Waals surface area (Å²) in [5, 5.41) is 26.1. The molecule has 2 aromatic carbocycles. The molecule has 0 heterocycles. The van der Waals surface area contributed by atoms with Gasteiger partial charge >= 0.3 is 6.18 Å². The lowest BCUT2D eigenvalue weighted by Gasteiger charge is -2.23. The Morgan fingerprint density at radius 3 is 2.00 bits per heavy atom. The molecule has 0 saturated carbocycles. The minimum Gasteiger partial charge on any atom is -0.490 e. The van der Waals surface area contributed by atoms with E-state index in [9.17, 15) is 38.0 Å². The highest BCUT2D eigenvalue weighted by molar-refractivity contribution is 5.97. The lowest BCUT2D eigenvalue weighted by atomic mass is 9.95. The quantitative estimate of drug-likeness (QED) is 0.396. The highest BCUT2D eigenvalue weighted by atomic mass is 19.4. The van der Waals surface area contributed by atoms with Gasteiger partial charge in [0.2, 0.25) is 5.91 Å². The number of ether oxygens (including phenoxy) is 1. The Kier molecular flexibility index (Phi) is 7.56. The largest absolute Gasteiger partial charge is 0.490 e. The van der Waals surface area contributed by atoms with Crippen LogP contribution in [0.3, 0.4) is 0 Å². The van der Waals surface area contributed by atoms with Crippen molar-refractivity contribution in [1.82, 2.24) is 0 Å². The molecular formula is C22H24F3N3O6. The molecule has 0 aliphatic heterocycles. The fraction of sp³-hybridized carbons (Fsp3) is 0.364. The molecule has 0 aliphatic carbocycles. The van der Waals surface area contributed by atoms with Crippen molar-refractivity contribution in [3.63, 3.8) is 0 Å².